The molecule has 1 saturated heterocycles. The van der Waals surface area contributed by atoms with Crippen molar-refractivity contribution in [3.05, 3.63) is 72.1 Å². The number of piperidine rings is 1. The van der Waals surface area contributed by atoms with Crippen molar-refractivity contribution in [3.8, 4) is 11.4 Å². The molecule has 0 spiro atoms. The number of aryl methyl sites for hydroxylation is 1. The van der Waals surface area contributed by atoms with Crippen LogP contribution >= 0.6 is 0 Å². The molecular weight excluding hydrogens is 472 g/mol. The van der Waals surface area contributed by atoms with Gasteiger partial charge in [-0.15, -0.1) is 0 Å². The Morgan fingerprint density at radius 2 is 1.91 bits per heavy atom. The molecule has 2 aromatic carbocycles. The fourth-order valence-corrected chi connectivity index (χ4v) is 5.94. The summed E-state index contributed by atoms with van der Waals surface area (Å²) in [6, 6.07) is 12.6. The zero-order chi connectivity index (χ0) is 24.1. The van der Waals surface area contributed by atoms with E-state index in [2.05, 4.69) is 15.1 Å². The predicted octanol–water partition coefficient (Wildman–Crippen LogP) is 5.19. The van der Waals surface area contributed by atoms with Crippen LogP contribution < -0.4 is 0 Å². The van der Waals surface area contributed by atoms with Gasteiger partial charge in [0.2, 0.25) is 0 Å². The second-order valence-corrected chi connectivity index (χ2v) is 10.1. The first-order valence-corrected chi connectivity index (χ1v) is 12.4. The topological polar surface area (TPSA) is 77.0 Å². The molecule has 1 aliphatic heterocycles. The average molecular weight is 494 g/mol. The SMILES string of the molecule is Cc1noc2ccc(S(=O)N3CCC(n4c(-c5ccc(F)cc5F)nc5cccnc54)CC3)cc12. The summed E-state index contributed by atoms with van der Waals surface area (Å²) in [4.78, 5) is 9.83. The quantitative estimate of drug-likeness (QED) is 0.345. The number of hydrogen-bond acceptors (Lipinski definition) is 5. The largest absolute Gasteiger partial charge is 0.356 e. The van der Waals surface area contributed by atoms with E-state index in [1.165, 1.54) is 12.1 Å². The Balaban J connectivity index is 1.29. The lowest BCUT2D eigenvalue weighted by atomic mass is 10.1. The zero-order valence-corrected chi connectivity index (χ0v) is 19.6. The number of benzene rings is 2. The van der Waals surface area contributed by atoms with Crippen molar-refractivity contribution in [2.75, 3.05) is 13.1 Å². The van der Waals surface area contributed by atoms with Gasteiger partial charge in [0.05, 0.1) is 16.2 Å². The summed E-state index contributed by atoms with van der Waals surface area (Å²) in [7, 11) is -1.33. The molecule has 4 heterocycles. The minimum Gasteiger partial charge on any atom is -0.356 e. The Labute approximate surface area is 202 Å². The summed E-state index contributed by atoms with van der Waals surface area (Å²) in [5.74, 6) is -0.883. The molecule has 0 amide bonds. The molecule has 6 rings (SSSR count). The van der Waals surface area contributed by atoms with Crippen LogP contribution in [-0.2, 0) is 11.0 Å². The van der Waals surface area contributed by atoms with Crippen LogP contribution in [0.25, 0.3) is 33.5 Å². The Kier molecular flexibility index (Phi) is 5.42. The van der Waals surface area contributed by atoms with Gasteiger partial charge >= 0.3 is 0 Å². The second-order valence-electron chi connectivity index (χ2n) is 8.61. The summed E-state index contributed by atoms with van der Waals surface area (Å²) in [6.07, 6.45) is 3.04. The smallest absolute Gasteiger partial charge is 0.167 e. The maximum absolute atomic E-state index is 14.7. The number of rotatable bonds is 4. The number of nitrogens with zero attached hydrogens (tertiary/aromatic N) is 5. The minimum atomic E-state index is -1.33. The first-order chi connectivity index (χ1) is 17.0. The Hall–Kier alpha value is -3.50. The molecule has 35 heavy (non-hydrogen) atoms. The van der Waals surface area contributed by atoms with Crippen molar-refractivity contribution in [1.29, 1.82) is 0 Å². The van der Waals surface area contributed by atoms with E-state index in [4.69, 9.17) is 4.52 Å². The van der Waals surface area contributed by atoms with Crippen LogP contribution in [-0.4, -0.2) is 41.3 Å². The molecule has 1 atom stereocenters. The Morgan fingerprint density at radius 1 is 1.09 bits per heavy atom. The number of pyridine rings is 1. The highest BCUT2D eigenvalue weighted by Crippen LogP contribution is 2.34. The maximum Gasteiger partial charge on any atom is 0.167 e. The van der Waals surface area contributed by atoms with E-state index in [9.17, 15) is 13.0 Å². The third-order valence-electron chi connectivity index (χ3n) is 6.47. The van der Waals surface area contributed by atoms with E-state index < -0.39 is 22.6 Å². The number of aromatic nitrogens is 4. The fraction of sp³-hybridized carbons (Fsp3) is 0.240. The van der Waals surface area contributed by atoms with Gasteiger partial charge in [0.1, 0.15) is 34.0 Å². The Morgan fingerprint density at radius 3 is 2.71 bits per heavy atom. The first kappa shape index (κ1) is 22.0. The van der Waals surface area contributed by atoms with Crippen molar-refractivity contribution in [2.24, 2.45) is 0 Å². The second kappa shape index (κ2) is 8.62. The standard InChI is InChI=1S/C25H21F2N5O2S/c1-15-20-14-18(5-7-23(20)34-30-15)35(33)31-11-8-17(9-12-31)32-24(19-6-4-16(26)13-21(19)27)29-22-3-2-10-28-25(22)32/h2-7,10,13-14,17H,8-9,11-12H2,1H3. The van der Waals surface area contributed by atoms with Gasteiger partial charge in [-0.25, -0.2) is 27.3 Å². The molecule has 3 aromatic heterocycles. The molecule has 0 N–H and O–H groups in total. The highest BCUT2D eigenvalue weighted by Gasteiger charge is 2.29. The molecule has 10 heteroatoms. The Bertz CT molecular complexity index is 1590. The van der Waals surface area contributed by atoms with E-state index in [0.29, 0.717) is 53.4 Å². The summed E-state index contributed by atoms with van der Waals surface area (Å²) in [5.41, 5.74) is 2.96. The van der Waals surface area contributed by atoms with E-state index in [1.54, 1.807) is 24.4 Å². The summed E-state index contributed by atoms with van der Waals surface area (Å²) in [5, 5.41) is 4.82. The molecule has 178 valence electrons. The van der Waals surface area contributed by atoms with E-state index in [0.717, 1.165) is 17.1 Å². The average Bonchev–Trinajstić information content (AvgIpc) is 3.44. The molecule has 0 radical (unpaired) electrons. The zero-order valence-electron chi connectivity index (χ0n) is 18.8. The van der Waals surface area contributed by atoms with Crippen LogP contribution in [0.3, 0.4) is 0 Å². The lowest BCUT2D eigenvalue weighted by molar-refractivity contribution is 0.287. The molecule has 0 bridgehead atoms. The van der Waals surface area contributed by atoms with Crippen molar-refractivity contribution >= 4 is 33.1 Å². The number of halogens is 2. The fourth-order valence-electron chi connectivity index (χ4n) is 4.70. The van der Waals surface area contributed by atoms with Gasteiger partial charge < -0.3 is 9.09 Å². The number of imidazole rings is 1. The minimum absolute atomic E-state index is 0.0228. The van der Waals surface area contributed by atoms with Crippen molar-refractivity contribution in [3.63, 3.8) is 0 Å². The normalized spacial score (nSPS) is 16.3. The van der Waals surface area contributed by atoms with E-state index >= 15 is 0 Å². The van der Waals surface area contributed by atoms with E-state index in [1.807, 2.05) is 27.9 Å². The molecular formula is C25H21F2N5O2S. The third kappa shape index (κ3) is 3.82. The van der Waals surface area contributed by atoms with Crippen molar-refractivity contribution < 1.29 is 17.5 Å². The molecule has 1 aliphatic rings. The maximum atomic E-state index is 14.7. The predicted molar refractivity (Wildman–Crippen MR) is 128 cm³/mol. The summed E-state index contributed by atoms with van der Waals surface area (Å²) >= 11 is 0. The van der Waals surface area contributed by atoms with Gasteiger partial charge in [-0.1, -0.05) is 5.16 Å². The van der Waals surface area contributed by atoms with Gasteiger partial charge in [0.15, 0.2) is 11.2 Å². The third-order valence-corrected chi connectivity index (χ3v) is 7.96. The monoisotopic (exact) mass is 493 g/mol. The lowest BCUT2D eigenvalue weighted by Crippen LogP contribution is -2.36. The lowest BCUT2D eigenvalue weighted by Gasteiger charge is -2.32. The van der Waals surface area contributed by atoms with Crippen LogP contribution in [0.2, 0.25) is 0 Å². The summed E-state index contributed by atoms with van der Waals surface area (Å²) in [6.45, 7) is 3.01. The van der Waals surface area contributed by atoms with Crippen molar-refractivity contribution in [1.82, 2.24) is 24.0 Å². The van der Waals surface area contributed by atoms with Crippen LogP contribution in [0.1, 0.15) is 24.6 Å². The number of hydrogen-bond donors (Lipinski definition) is 0. The van der Waals surface area contributed by atoms with Gasteiger partial charge in [-0.3, -0.25) is 0 Å². The molecule has 5 aromatic rings. The number of fused-ring (bicyclic) bond motifs is 2. The van der Waals surface area contributed by atoms with Crippen molar-refractivity contribution in [2.45, 2.75) is 30.7 Å². The van der Waals surface area contributed by atoms with Gasteiger partial charge in [0.25, 0.3) is 0 Å². The van der Waals surface area contributed by atoms with Crippen LogP contribution in [0.4, 0.5) is 8.78 Å². The molecule has 0 saturated carbocycles. The molecule has 1 unspecified atom stereocenters. The molecule has 7 nitrogen and oxygen atoms in total. The van der Waals surface area contributed by atoms with E-state index in [-0.39, 0.29) is 11.6 Å². The highest BCUT2D eigenvalue weighted by molar-refractivity contribution is 7.82. The summed E-state index contributed by atoms with van der Waals surface area (Å²) < 4.78 is 50.7. The van der Waals surface area contributed by atoms with Gasteiger partial charge in [0, 0.05) is 36.8 Å². The van der Waals surface area contributed by atoms with Gasteiger partial charge in [-0.2, -0.15) is 0 Å². The first-order valence-electron chi connectivity index (χ1n) is 11.3. The molecule has 1 fully saturated rings. The van der Waals surface area contributed by atoms with Gasteiger partial charge in [-0.05, 0) is 62.2 Å². The molecule has 0 aliphatic carbocycles. The van der Waals surface area contributed by atoms with Crippen LogP contribution in [0, 0.1) is 18.6 Å². The highest BCUT2D eigenvalue weighted by atomic mass is 32.2. The van der Waals surface area contributed by atoms with Crippen LogP contribution in [0.5, 0.6) is 0 Å². The van der Waals surface area contributed by atoms with Crippen LogP contribution in [0.15, 0.2) is 64.1 Å².